The van der Waals surface area contributed by atoms with Crippen LogP contribution in [0.25, 0.3) is 16.7 Å². The van der Waals surface area contributed by atoms with Crippen molar-refractivity contribution in [1.82, 2.24) is 19.7 Å². The van der Waals surface area contributed by atoms with Crippen LogP contribution in [0.4, 0.5) is 5.69 Å². The maximum Gasteiger partial charge on any atom is 0.262 e. The number of hydrogen-bond acceptors (Lipinski definition) is 5. The van der Waals surface area contributed by atoms with Gasteiger partial charge in [0.15, 0.2) is 10.8 Å². The van der Waals surface area contributed by atoms with Gasteiger partial charge in [0.1, 0.15) is 5.39 Å². The minimum atomic E-state index is -0.263. The normalized spacial score (nSPS) is 13.4. The molecule has 0 spiro atoms. The van der Waals surface area contributed by atoms with Gasteiger partial charge >= 0.3 is 0 Å². The number of nitrogens with zero attached hydrogens (tertiary/aromatic N) is 4. The van der Waals surface area contributed by atoms with E-state index in [1.54, 1.807) is 4.68 Å². The molecular formula is C22H19N5O2S. The molecular weight excluding hydrogens is 398 g/mol. The lowest BCUT2D eigenvalue weighted by atomic mass is 10.0. The monoisotopic (exact) mass is 417 g/mol. The van der Waals surface area contributed by atoms with Gasteiger partial charge in [0.2, 0.25) is 5.91 Å². The lowest BCUT2D eigenvalue weighted by Gasteiger charge is -2.29. The fourth-order valence-corrected chi connectivity index (χ4v) is 4.46. The molecule has 0 unspecified atom stereocenters. The minimum absolute atomic E-state index is 0.00598. The third-order valence-electron chi connectivity index (χ3n) is 5.16. The predicted octanol–water partition coefficient (Wildman–Crippen LogP) is 3.18. The molecule has 0 aliphatic carbocycles. The van der Waals surface area contributed by atoms with Gasteiger partial charge in [-0.1, -0.05) is 48.2 Å². The summed E-state index contributed by atoms with van der Waals surface area (Å²) in [5.74, 6) is 0.203. The Morgan fingerprint density at radius 3 is 2.77 bits per heavy atom. The summed E-state index contributed by atoms with van der Waals surface area (Å²) < 4.78 is 1.64. The third kappa shape index (κ3) is 3.39. The zero-order chi connectivity index (χ0) is 20.5. The van der Waals surface area contributed by atoms with Crippen LogP contribution < -0.4 is 10.5 Å². The van der Waals surface area contributed by atoms with E-state index < -0.39 is 0 Å². The summed E-state index contributed by atoms with van der Waals surface area (Å²) in [4.78, 5) is 34.6. The molecule has 3 heterocycles. The lowest BCUT2D eigenvalue weighted by molar-refractivity contribution is -0.116. The minimum Gasteiger partial charge on any atom is -0.311 e. The van der Waals surface area contributed by atoms with E-state index in [9.17, 15) is 9.59 Å². The van der Waals surface area contributed by atoms with E-state index in [1.807, 2.05) is 53.4 Å². The van der Waals surface area contributed by atoms with E-state index in [2.05, 4.69) is 21.1 Å². The Bertz CT molecular complexity index is 1280. The molecule has 0 saturated heterocycles. The molecule has 0 bridgehead atoms. The van der Waals surface area contributed by atoms with Gasteiger partial charge in [-0.25, -0.2) is 9.67 Å². The SMILES string of the molecule is O=C(CSc1nc2c(cnn2-c2ccccc2)c(=O)[nH]1)N1CCCc2ccccc21. The number of hydrogen-bond donors (Lipinski definition) is 1. The highest BCUT2D eigenvalue weighted by Crippen LogP contribution is 2.28. The number of thioether (sulfide) groups is 1. The summed E-state index contributed by atoms with van der Waals surface area (Å²) in [6, 6.07) is 17.5. The molecule has 150 valence electrons. The highest BCUT2D eigenvalue weighted by Gasteiger charge is 2.22. The molecule has 7 nitrogen and oxygen atoms in total. The number of carbonyl (C=O) groups is 1. The third-order valence-corrected chi connectivity index (χ3v) is 6.02. The first-order valence-corrected chi connectivity index (χ1v) is 10.7. The zero-order valence-electron chi connectivity index (χ0n) is 16.1. The van der Waals surface area contributed by atoms with Crippen molar-refractivity contribution in [3.63, 3.8) is 0 Å². The number of benzene rings is 2. The number of aryl methyl sites for hydroxylation is 1. The van der Waals surface area contributed by atoms with Gasteiger partial charge in [-0.15, -0.1) is 0 Å². The number of rotatable bonds is 4. The van der Waals surface area contributed by atoms with Gasteiger partial charge in [-0.3, -0.25) is 9.59 Å². The van der Waals surface area contributed by atoms with E-state index in [0.717, 1.165) is 24.2 Å². The highest BCUT2D eigenvalue weighted by molar-refractivity contribution is 7.99. The Balaban J connectivity index is 1.40. The fourth-order valence-electron chi connectivity index (χ4n) is 3.73. The number of aromatic nitrogens is 4. The molecule has 5 rings (SSSR count). The van der Waals surface area contributed by atoms with Crippen LogP contribution in [0.5, 0.6) is 0 Å². The van der Waals surface area contributed by atoms with E-state index in [1.165, 1.54) is 23.5 Å². The summed E-state index contributed by atoms with van der Waals surface area (Å²) >= 11 is 1.23. The molecule has 0 saturated carbocycles. The van der Waals surface area contributed by atoms with Crippen LogP contribution in [0.1, 0.15) is 12.0 Å². The number of para-hydroxylation sites is 2. The molecule has 2 aromatic carbocycles. The topological polar surface area (TPSA) is 83.9 Å². The van der Waals surface area contributed by atoms with Crippen LogP contribution in [0.3, 0.4) is 0 Å². The Morgan fingerprint density at radius 2 is 1.90 bits per heavy atom. The molecule has 8 heteroatoms. The van der Waals surface area contributed by atoms with Crippen LogP contribution in [-0.4, -0.2) is 38.0 Å². The Kier molecular flexibility index (Phi) is 4.84. The molecule has 1 aliphatic rings. The fraction of sp³-hybridized carbons (Fsp3) is 0.182. The number of nitrogens with one attached hydrogen (secondary N) is 1. The van der Waals surface area contributed by atoms with Gasteiger partial charge < -0.3 is 9.88 Å². The van der Waals surface area contributed by atoms with E-state index in [0.29, 0.717) is 22.7 Å². The molecule has 1 N–H and O–H groups in total. The average Bonchev–Trinajstić information content (AvgIpc) is 3.22. The van der Waals surface area contributed by atoms with Crippen LogP contribution in [0.2, 0.25) is 0 Å². The van der Waals surface area contributed by atoms with Crippen molar-refractivity contribution in [2.45, 2.75) is 18.0 Å². The number of aromatic amines is 1. The van der Waals surface area contributed by atoms with Gasteiger partial charge in [0, 0.05) is 12.2 Å². The maximum absolute atomic E-state index is 12.9. The van der Waals surface area contributed by atoms with Gasteiger partial charge in [-0.05, 0) is 36.6 Å². The molecule has 4 aromatic rings. The number of H-pyrrole nitrogens is 1. The first-order valence-electron chi connectivity index (χ1n) is 9.75. The van der Waals surface area contributed by atoms with Crippen LogP contribution in [0.15, 0.2) is 70.7 Å². The van der Waals surface area contributed by atoms with Crippen molar-refractivity contribution >= 4 is 34.4 Å². The second-order valence-corrected chi connectivity index (χ2v) is 8.03. The molecule has 0 radical (unpaired) electrons. The smallest absolute Gasteiger partial charge is 0.262 e. The Morgan fingerprint density at radius 1 is 1.10 bits per heavy atom. The quantitative estimate of drug-likeness (QED) is 0.407. The predicted molar refractivity (Wildman–Crippen MR) is 117 cm³/mol. The van der Waals surface area contributed by atoms with Crippen LogP contribution in [-0.2, 0) is 11.2 Å². The molecule has 1 amide bonds. The average molecular weight is 417 g/mol. The number of amides is 1. The van der Waals surface area contributed by atoms with Crippen molar-refractivity contribution in [2.75, 3.05) is 17.2 Å². The molecule has 1 aliphatic heterocycles. The molecule has 30 heavy (non-hydrogen) atoms. The first kappa shape index (κ1) is 18.6. The largest absolute Gasteiger partial charge is 0.311 e. The second-order valence-electron chi connectivity index (χ2n) is 7.07. The van der Waals surface area contributed by atoms with Crippen molar-refractivity contribution in [2.24, 2.45) is 0 Å². The van der Waals surface area contributed by atoms with Crippen molar-refractivity contribution in [3.05, 3.63) is 76.7 Å². The Labute approximate surface area is 176 Å². The second kappa shape index (κ2) is 7.79. The maximum atomic E-state index is 12.9. The number of carbonyl (C=O) groups excluding carboxylic acids is 1. The van der Waals surface area contributed by atoms with Crippen molar-refractivity contribution < 1.29 is 4.79 Å². The summed E-state index contributed by atoms with van der Waals surface area (Å²) in [6.07, 6.45) is 3.45. The first-order chi connectivity index (χ1) is 14.7. The van der Waals surface area contributed by atoms with Crippen molar-refractivity contribution in [3.8, 4) is 5.69 Å². The molecule has 2 aromatic heterocycles. The highest BCUT2D eigenvalue weighted by atomic mass is 32.2. The summed E-state index contributed by atoms with van der Waals surface area (Å²) in [5.41, 5.74) is 3.21. The summed E-state index contributed by atoms with van der Waals surface area (Å²) in [5, 5.41) is 5.13. The molecule has 0 fully saturated rings. The molecule has 0 atom stereocenters. The number of fused-ring (bicyclic) bond motifs is 2. The van der Waals surface area contributed by atoms with E-state index >= 15 is 0 Å². The van der Waals surface area contributed by atoms with Crippen molar-refractivity contribution in [1.29, 1.82) is 0 Å². The summed E-state index contributed by atoms with van der Waals surface area (Å²) in [7, 11) is 0. The van der Waals surface area contributed by atoms with Gasteiger partial charge in [0.25, 0.3) is 5.56 Å². The zero-order valence-corrected chi connectivity index (χ0v) is 16.9. The van der Waals surface area contributed by atoms with Crippen LogP contribution >= 0.6 is 11.8 Å². The number of anilines is 1. The van der Waals surface area contributed by atoms with E-state index in [4.69, 9.17) is 0 Å². The van der Waals surface area contributed by atoms with E-state index in [-0.39, 0.29) is 17.2 Å². The Hall–Kier alpha value is -3.39. The summed E-state index contributed by atoms with van der Waals surface area (Å²) in [6.45, 7) is 0.708. The lowest BCUT2D eigenvalue weighted by Crippen LogP contribution is -2.36. The van der Waals surface area contributed by atoms with Gasteiger partial charge in [0.05, 0.1) is 17.6 Å². The van der Waals surface area contributed by atoms with Gasteiger partial charge in [-0.2, -0.15) is 5.10 Å². The standard InChI is InChI=1S/C22H19N5O2S/c28-19(26-12-6-8-15-7-4-5-11-18(15)26)14-30-22-24-20-17(21(29)25-22)13-23-27(20)16-9-2-1-3-10-16/h1-5,7,9-11,13H,6,8,12,14H2,(H,24,25,29). The van der Waals surface area contributed by atoms with Crippen LogP contribution in [0, 0.1) is 0 Å².